The number of ketones is 2. The second kappa shape index (κ2) is 4.18. The smallest absolute Gasteiger partial charge is 0.207 e. The third kappa shape index (κ3) is 2.11. The highest BCUT2D eigenvalue weighted by atomic mass is 16.1. The molecular formula is C12H10N2O2. The summed E-state index contributed by atoms with van der Waals surface area (Å²) in [5, 5.41) is 0.877. The first kappa shape index (κ1) is 10.4. The Labute approximate surface area is 92.3 Å². The molecule has 0 aliphatic heterocycles. The van der Waals surface area contributed by atoms with Crippen LogP contribution in [-0.2, 0) is 4.79 Å². The molecule has 0 atom stereocenters. The van der Waals surface area contributed by atoms with Crippen molar-refractivity contribution in [3.8, 4) is 0 Å². The van der Waals surface area contributed by atoms with Crippen molar-refractivity contribution in [2.75, 3.05) is 0 Å². The number of para-hydroxylation sites is 1. The van der Waals surface area contributed by atoms with Gasteiger partial charge in [0, 0.05) is 11.6 Å². The summed E-state index contributed by atoms with van der Waals surface area (Å²) >= 11 is 0. The van der Waals surface area contributed by atoms with Crippen LogP contribution in [0.25, 0.3) is 10.9 Å². The van der Waals surface area contributed by atoms with Gasteiger partial charge in [0.1, 0.15) is 5.78 Å². The topological polar surface area (TPSA) is 59.9 Å². The zero-order chi connectivity index (χ0) is 11.5. The van der Waals surface area contributed by atoms with Crippen molar-refractivity contribution in [1.82, 2.24) is 9.97 Å². The molecule has 0 fully saturated rings. The Morgan fingerprint density at radius 3 is 2.75 bits per heavy atom. The van der Waals surface area contributed by atoms with Gasteiger partial charge in [0.15, 0.2) is 5.82 Å². The number of hydrogen-bond donors (Lipinski definition) is 0. The second-order valence-electron chi connectivity index (χ2n) is 3.55. The minimum atomic E-state index is -0.335. The maximum Gasteiger partial charge on any atom is 0.207 e. The lowest BCUT2D eigenvalue weighted by Gasteiger charge is -1.99. The van der Waals surface area contributed by atoms with Crippen molar-refractivity contribution in [2.24, 2.45) is 0 Å². The molecule has 0 amide bonds. The fraction of sp³-hybridized carbons (Fsp3) is 0.167. The van der Waals surface area contributed by atoms with Gasteiger partial charge in [0.05, 0.1) is 11.9 Å². The molecule has 1 heterocycles. The molecule has 0 unspecified atom stereocenters. The van der Waals surface area contributed by atoms with Crippen LogP contribution in [0.3, 0.4) is 0 Å². The third-order valence-electron chi connectivity index (χ3n) is 2.15. The molecule has 0 aliphatic rings. The maximum atomic E-state index is 11.6. The second-order valence-corrected chi connectivity index (χ2v) is 3.55. The summed E-state index contributed by atoms with van der Waals surface area (Å²) in [5.41, 5.74) is 0.712. The zero-order valence-corrected chi connectivity index (χ0v) is 8.80. The number of carbonyl (C=O) groups excluding carboxylic acids is 2. The van der Waals surface area contributed by atoms with Crippen molar-refractivity contribution < 1.29 is 9.59 Å². The van der Waals surface area contributed by atoms with Gasteiger partial charge in [0.2, 0.25) is 5.78 Å². The molecule has 0 radical (unpaired) electrons. The lowest BCUT2D eigenvalue weighted by Crippen LogP contribution is -2.09. The van der Waals surface area contributed by atoms with Crippen LogP contribution in [0, 0.1) is 0 Å². The lowest BCUT2D eigenvalue weighted by molar-refractivity contribution is -0.116. The highest BCUT2D eigenvalue weighted by molar-refractivity contribution is 6.05. The number of benzene rings is 1. The third-order valence-corrected chi connectivity index (χ3v) is 2.15. The highest BCUT2D eigenvalue weighted by Gasteiger charge is 2.11. The summed E-state index contributed by atoms with van der Waals surface area (Å²) < 4.78 is 0. The number of Topliss-reactive ketones (excluding diaryl/α,β-unsaturated/α-hetero) is 2. The van der Waals surface area contributed by atoms with E-state index in [0.29, 0.717) is 5.52 Å². The summed E-state index contributed by atoms with van der Waals surface area (Å²) in [6.45, 7) is 1.37. The van der Waals surface area contributed by atoms with Gasteiger partial charge in [-0.25, -0.2) is 9.97 Å². The Balaban J connectivity index is 2.39. The van der Waals surface area contributed by atoms with E-state index < -0.39 is 0 Å². The van der Waals surface area contributed by atoms with E-state index in [1.165, 1.54) is 6.92 Å². The van der Waals surface area contributed by atoms with Gasteiger partial charge in [-0.15, -0.1) is 0 Å². The Bertz CT molecular complexity index is 564. The van der Waals surface area contributed by atoms with Crippen LogP contribution in [0.4, 0.5) is 0 Å². The summed E-state index contributed by atoms with van der Waals surface area (Å²) in [5.74, 6) is -0.408. The predicted octanol–water partition coefficient (Wildman–Crippen LogP) is 1.79. The minimum absolute atomic E-state index is 0.105. The Hall–Kier alpha value is -2.10. The maximum absolute atomic E-state index is 11.6. The van der Waals surface area contributed by atoms with E-state index in [1.807, 2.05) is 24.3 Å². The van der Waals surface area contributed by atoms with Crippen molar-refractivity contribution in [3.05, 3.63) is 36.3 Å². The van der Waals surface area contributed by atoms with Gasteiger partial charge in [-0.2, -0.15) is 0 Å². The fourth-order valence-electron chi connectivity index (χ4n) is 1.41. The highest BCUT2D eigenvalue weighted by Crippen LogP contribution is 2.10. The van der Waals surface area contributed by atoms with Gasteiger partial charge in [-0.05, 0) is 13.0 Å². The van der Waals surface area contributed by atoms with E-state index in [4.69, 9.17) is 0 Å². The van der Waals surface area contributed by atoms with Crippen molar-refractivity contribution in [3.63, 3.8) is 0 Å². The summed E-state index contributed by atoms with van der Waals surface area (Å²) in [6, 6.07) is 7.40. The van der Waals surface area contributed by atoms with Crippen LogP contribution in [0.15, 0.2) is 30.5 Å². The van der Waals surface area contributed by atoms with Crippen LogP contribution in [0.5, 0.6) is 0 Å². The molecule has 16 heavy (non-hydrogen) atoms. The van der Waals surface area contributed by atoms with E-state index in [2.05, 4.69) is 9.97 Å². The average molecular weight is 214 g/mol. The normalized spacial score (nSPS) is 10.3. The molecule has 2 aromatic rings. The Morgan fingerprint density at radius 1 is 1.25 bits per heavy atom. The van der Waals surface area contributed by atoms with Gasteiger partial charge in [-0.1, -0.05) is 18.2 Å². The summed E-state index contributed by atoms with van der Waals surface area (Å²) in [4.78, 5) is 30.4. The molecular weight excluding hydrogens is 204 g/mol. The van der Waals surface area contributed by atoms with E-state index in [0.717, 1.165) is 5.39 Å². The first-order chi connectivity index (χ1) is 7.66. The molecule has 4 nitrogen and oxygen atoms in total. The van der Waals surface area contributed by atoms with Crippen molar-refractivity contribution in [1.29, 1.82) is 0 Å². The number of aromatic nitrogens is 2. The van der Waals surface area contributed by atoms with Gasteiger partial charge < -0.3 is 0 Å². The molecule has 1 aromatic carbocycles. The lowest BCUT2D eigenvalue weighted by atomic mass is 10.2. The molecule has 0 N–H and O–H groups in total. The van der Waals surface area contributed by atoms with Gasteiger partial charge in [0.25, 0.3) is 0 Å². The summed E-state index contributed by atoms with van der Waals surface area (Å²) in [6.07, 6.45) is 1.45. The molecule has 1 aromatic heterocycles. The van der Waals surface area contributed by atoms with Crippen LogP contribution in [0.2, 0.25) is 0 Å². The minimum Gasteiger partial charge on any atom is -0.300 e. The fourth-order valence-corrected chi connectivity index (χ4v) is 1.41. The predicted molar refractivity (Wildman–Crippen MR) is 59.2 cm³/mol. The SMILES string of the molecule is CC(=O)CC(=O)c1ncc2ccccc2n1. The van der Waals surface area contributed by atoms with Crippen LogP contribution < -0.4 is 0 Å². The molecule has 4 heteroatoms. The van der Waals surface area contributed by atoms with Crippen LogP contribution in [0.1, 0.15) is 24.0 Å². The Morgan fingerprint density at radius 2 is 2.00 bits per heavy atom. The largest absolute Gasteiger partial charge is 0.300 e. The van der Waals surface area contributed by atoms with Crippen molar-refractivity contribution in [2.45, 2.75) is 13.3 Å². The molecule has 0 spiro atoms. The van der Waals surface area contributed by atoms with Gasteiger partial charge in [-0.3, -0.25) is 9.59 Å². The Kier molecular flexibility index (Phi) is 2.72. The molecule has 0 saturated carbocycles. The first-order valence-electron chi connectivity index (χ1n) is 4.91. The quantitative estimate of drug-likeness (QED) is 0.577. The molecule has 2 rings (SSSR count). The monoisotopic (exact) mass is 214 g/mol. The average Bonchev–Trinajstić information content (AvgIpc) is 2.27. The number of hydrogen-bond acceptors (Lipinski definition) is 4. The van der Waals surface area contributed by atoms with Crippen LogP contribution >= 0.6 is 0 Å². The van der Waals surface area contributed by atoms with Crippen molar-refractivity contribution >= 4 is 22.5 Å². The number of fused-ring (bicyclic) bond motifs is 1. The van der Waals surface area contributed by atoms with E-state index >= 15 is 0 Å². The standard InChI is InChI=1S/C12H10N2O2/c1-8(15)6-11(16)12-13-7-9-4-2-3-5-10(9)14-12/h2-5,7H,6H2,1H3. The first-order valence-corrected chi connectivity index (χ1v) is 4.91. The number of carbonyl (C=O) groups is 2. The van der Waals surface area contributed by atoms with Crippen LogP contribution in [-0.4, -0.2) is 21.5 Å². The molecule has 0 saturated heterocycles. The zero-order valence-electron chi connectivity index (χ0n) is 8.80. The number of nitrogens with zero attached hydrogens (tertiary/aromatic N) is 2. The molecule has 80 valence electrons. The van der Waals surface area contributed by atoms with E-state index in [9.17, 15) is 9.59 Å². The molecule has 0 bridgehead atoms. The van der Waals surface area contributed by atoms with Gasteiger partial charge >= 0.3 is 0 Å². The number of rotatable bonds is 3. The molecule has 0 aliphatic carbocycles. The van der Waals surface area contributed by atoms with E-state index in [1.54, 1.807) is 6.20 Å². The summed E-state index contributed by atoms with van der Waals surface area (Å²) in [7, 11) is 0. The van der Waals surface area contributed by atoms with E-state index in [-0.39, 0.29) is 23.8 Å².